The predicted molar refractivity (Wildman–Crippen MR) is 123 cm³/mol. The number of ketones is 1. The molecule has 4 nitrogen and oxygen atoms in total. The monoisotopic (exact) mass is 583 g/mol. The van der Waals surface area contributed by atoms with E-state index in [1.54, 1.807) is 0 Å². The second kappa shape index (κ2) is 9.72. The van der Waals surface area contributed by atoms with Crippen LogP contribution in [-0.2, 0) is 27.2 Å². The summed E-state index contributed by atoms with van der Waals surface area (Å²) in [5.74, 6) is 0.250. The molecule has 5 heteroatoms. The number of aliphatic hydroxyl groups excluding tert-OH is 1. The van der Waals surface area contributed by atoms with E-state index in [4.69, 9.17) is 14.9 Å². The molecule has 2 N–H and O–H groups in total. The Hall–Kier alpha value is -2.23. The van der Waals surface area contributed by atoms with Crippen molar-refractivity contribution in [2.24, 2.45) is 17.5 Å². The summed E-state index contributed by atoms with van der Waals surface area (Å²) in [4.78, 5) is 13.2. The van der Waals surface area contributed by atoms with Crippen LogP contribution in [0.1, 0.15) is 46.1 Å². The number of aliphatic imine (C=N–C) groups is 1. The van der Waals surface area contributed by atoms with Crippen LogP contribution in [0.25, 0.3) is 21.8 Å². The van der Waals surface area contributed by atoms with E-state index in [1.165, 1.54) is 60.3 Å². The number of benzene rings is 2. The Morgan fingerprint density at radius 1 is 1.20 bits per heavy atom. The maximum absolute atomic E-state index is 8.40. The number of hydrogen-bond acceptors (Lipinski definition) is 2. The summed E-state index contributed by atoms with van der Waals surface area (Å²) in [5.41, 5.74) is 5.05. The van der Waals surface area contributed by atoms with Gasteiger partial charge in [0.25, 0.3) is 0 Å². The third-order valence-electron chi connectivity index (χ3n) is 5.39. The minimum atomic E-state index is 0. The van der Waals surface area contributed by atoms with Gasteiger partial charge in [-0.25, -0.2) is 0 Å². The van der Waals surface area contributed by atoms with Gasteiger partial charge in [0, 0.05) is 39.2 Å². The van der Waals surface area contributed by atoms with E-state index in [0.717, 1.165) is 12.1 Å². The van der Waals surface area contributed by atoms with E-state index in [1.807, 2.05) is 0 Å². The van der Waals surface area contributed by atoms with Crippen molar-refractivity contribution in [2.45, 2.75) is 40.5 Å². The Morgan fingerprint density at radius 2 is 1.90 bits per heavy atom. The molecule has 3 aromatic rings. The number of allylic oxidation sites excluding steroid dienone is 2. The van der Waals surface area contributed by atoms with Gasteiger partial charge in [0.15, 0.2) is 0 Å². The van der Waals surface area contributed by atoms with Gasteiger partial charge in [0.1, 0.15) is 0 Å². The maximum atomic E-state index is 8.40. The number of fused-ring (bicyclic) bond motifs is 3. The Balaban J connectivity index is 0.000000350. The van der Waals surface area contributed by atoms with Gasteiger partial charge in [-0.3, -0.25) is 4.79 Å². The zero-order valence-corrected chi connectivity index (χ0v) is 20.7. The first kappa shape index (κ1) is 24.0. The van der Waals surface area contributed by atoms with Crippen molar-refractivity contribution in [3.05, 3.63) is 59.9 Å². The fourth-order valence-electron chi connectivity index (χ4n) is 4.03. The summed E-state index contributed by atoms with van der Waals surface area (Å²) in [7, 11) is 2.14. The van der Waals surface area contributed by atoms with Crippen molar-refractivity contribution in [3.8, 4) is 0 Å². The topological polar surface area (TPSA) is 58.9 Å². The van der Waals surface area contributed by atoms with Crippen LogP contribution >= 0.6 is 0 Å². The minimum absolute atomic E-state index is 0. The van der Waals surface area contributed by atoms with Crippen LogP contribution in [-0.4, -0.2) is 32.5 Å². The van der Waals surface area contributed by atoms with E-state index in [2.05, 4.69) is 67.9 Å². The zero-order chi connectivity index (χ0) is 21.2. The van der Waals surface area contributed by atoms with E-state index in [-0.39, 0.29) is 37.1 Å². The van der Waals surface area contributed by atoms with Gasteiger partial charge >= 0.3 is 5.78 Å². The molecule has 0 saturated carbocycles. The first-order valence-electron chi connectivity index (χ1n) is 10.0. The van der Waals surface area contributed by atoms with Crippen LogP contribution in [0.5, 0.6) is 0 Å². The van der Waals surface area contributed by atoms with Gasteiger partial charge in [-0.15, -0.1) is 23.8 Å². The molecule has 0 bridgehead atoms. The molecule has 1 aliphatic rings. The van der Waals surface area contributed by atoms with Gasteiger partial charge in [-0.2, -0.15) is 0 Å². The van der Waals surface area contributed by atoms with Crippen LogP contribution in [0, 0.1) is 11.5 Å². The predicted octanol–water partition coefficient (Wildman–Crippen LogP) is 5.75. The minimum Gasteiger partial charge on any atom is -0.512 e. The number of aromatic nitrogens is 1. The van der Waals surface area contributed by atoms with E-state index in [9.17, 15) is 0 Å². The Kier molecular flexibility index (Phi) is 7.79. The molecular formula is C25H30IrN2O2. The van der Waals surface area contributed by atoms with Gasteiger partial charge in [-0.05, 0) is 47.9 Å². The molecule has 4 rings (SSSR count). The standard InChI is InChI=1S/C20H21N2.C5H8O2.Ir/c1-20(2)11-6-12-21-19(20)14-9-10-16-15-7-4-5-8-17(15)22(3)18(16)13-14;1-4(6)3-5(2)7;/h4-5,7-8,10,13H,6,11-12H2,1-3H3;3,6H,1-2H3;/q-1;;/p+1/b;4-3-;. The molecule has 0 amide bonds. The quantitative estimate of drug-likeness (QED) is 0.178. The fourth-order valence-corrected chi connectivity index (χ4v) is 4.03. The molecule has 0 fully saturated rings. The number of nitrogens with zero attached hydrogens (tertiary/aromatic N) is 2. The average Bonchev–Trinajstić information content (AvgIpc) is 2.93. The summed E-state index contributed by atoms with van der Waals surface area (Å²) in [6.45, 7) is 8.54. The van der Waals surface area contributed by atoms with Crippen LogP contribution in [0.3, 0.4) is 0 Å². The molecule has 0 spiro atoms. The van der Waals surface area contributed by atoms with Crippen LogP contribution < -0.4 is 0 Å². The molecule has 2 heterocycles. The Bertz CT molecular complexity index is 1120. The SMILES string of the molecule is CC(=[OH+])/C=C(/C)O.Cn1c2ccccc2c2c[c-]c(C3=NCCCC3(C)C)cc21.[Ir]. The number of carbonyl (C=O) groups excluding carboxylic acids is 1. The van der Waals surface area contributed by atoms with E-state index >= 15 is 0 Å². The van der Waals surface area contributed by atoms with Gasteiger partial charge in [-0.1, -0.05) is 37.4 Å². The Labute approximate surface area is 192 Å². The van der Waals surface area contributed by atoms with Gasteiger partial charge in [0.2, 0.25) is 0 Å². The van der Waals surface area contributed by atoms with E-state index < -0.39 is 0 Å². The molecule has 161 valence electrons. The van der Waals surface area contributed by atoms with Crippen molar-refractivity contribution in [2.75, 3.05) is 6.54 Å². The first-order chi connectivity index (χ1) is 13.7. The fraction of sp³-hybridized carbons (Fsp3) is 0.360. The van der Waals surface area contributed by atoms with Gasteiger partial charge in [0.05, 0.1) is 18.8 Å². The van der Waals surface area contributed by atoms with E-state index in [0.29, 0.717) is 0 Å². The molecule has 1 radical (unpaired) electrons. The Morgan fingerprint density at radius 3 is 2.50 bits per heavy atom. The van der Waals surface area contributed by atoms with Crippen molar-refractivity contribution in [1.29, 1.82) is 0 Å². The molecule has 30 heavy (non-hydrogen) atoms. The first-order valence-corrected chi connectivity index (χ1v) is 10.0. The van der Waals surface area contributed by atoms with Crippen LogP contribution in [0.2, 0.25) is 0 Å². The molecule has 0 saturated heterocycles. The summed E-state index contributed by atoms with van der Waals surface area (Å²) >= 11 is 0. The zero-order valence-electron chi connectivity index (χ0n) is 18.3. The largest absolute Gasteiger partial charge is 0.512 e. The number of hydrogen-bond donors (Lipinski definition) is 1. The van der Waals surface area contributed by atoms with Crippen molar-refractivity contribution < 1.29 is 30.0 Å². The van der Waals surface area contributed by atoms with Crippen molar-refractivity contribution >= 4 is 33.3 Å². The normalized spacial score (nSPS) is 15.8. The molecule has 2 aromatic carbocycles. The average molecular weight is 583 g/mol. The van der Waals surface area contributed by atoms with Crippen molar-refractivity contribution in [1.82, 2.24) is 4.57 Å². The number of aliphatic hydroxyl groups is 1. The second-order valence-corrected chi connectivity index (χ2v) is 8.37. The third-order valence-corrected chi connectivity index (χ3v) is 5.39. The summed E-state index contributed by atoms with van der Waals surface area (Å²) in [6.07, 6.45) is 3.67. The summed E-state index contributed by atoms with van der Waals surface area (Å²) in [6, 6.07) is 16.5. The maximum Gasteiger partial charge on any atom is 0.316 e. The molecule has 0 atom stereocenters. The second-order valence-electron chi connectivity index (χ2n) is 8.37. The number of para-hydroxylation sites is 1. The summed E-state index contributed by atoms with van der Waals surface area (Å²) in [5, 5.41) is 11.0. The smallest absolute Gasteiger partial charge is 0.316 e. The number of aryl methyl sites for hydroxylation is 1. The summed E-state index contributed by atoms with van der Waals surface area (Å²) < 4.78 is 2.28. The van der Waals surface area contributed by atoms with Crippen LogP contribution in [0.15, 0.2) is 53.2 Å². The molecule has 0 aliphatic carbocycles. The molecule has 1 aromatic heterocycles. The number of rotatable bonds is 2. The van der Waals surface area contributed by atoms with Crippen LogP contribution in [0.4, 0.5) is 0 Å². The molecule has 0 unspecified atom stereocenters. The molecular weight excluding hydrogens is 553 g/mol. The third kappa shape index (κ3) is 5.08. The van der Waals surface area contributed by atoms with Crippen molar-refractivity contribution in [3.63, 3.8) is 0 Å². The van der Waals surface area contributed by atoms with Gasteiger partial charge < -0.3 is 14.7 Å². The molecule has 1 aliphatic heterocycles.